The first kappa shape index (κ1) is 12.3. The molecule has 2 aromatic rings. The highest BCUT2D eigenvalue weighted by Crippen LogP contribution is 2.35. The quantitative estimate of drug-likeness (QED) is 0.791. The fourth-order valence-electron chi connectivity index (χ4n) is 3.40. The van der Waals surface area contributed by atoms with Crippen LogP contribution in [0, 0.1) is 12.0 Å². The van der Waals surface area contributed by atoms with Crippen LogP contribution in [0.5, 0.6) is 0 Å². The molecule has 2 nitrogen and oxygen atoms in total. The smallest absolute Gasteiger partial charge is 0.0557 e. The number of hydrogen-bond donors (Lipinski definition) is 0. The molecule has 2 heterocycles. The van der Waals surface area contributed by atoms with E-state index in [-0.39, 0.29) is 0 Å². The topological polar surface area (TPSA) is 8.17 Å². The standard InChI is InChI=1S/C17H21N2/c1-14-10-13-19(16-8-4-3-5-9-16)15(2)17(14)18-11-6-7-12-18/h4-9,11-12,14-15,17H,10,13H2,1-2H3. The summed E-state index contributed by atoms with van der Waals surface area (Å²) < 4.78 is 2.37. The largest absolute Gasteiger partial charge is 0.367 e. The summed E-state index contributed by atoms with van der Waals surface area (Å²) >= 11 is 0. The van der Waals surface area contributed by atoms with E-state index in [9.17, 15) is 0 Å². The van der Waals surface area contributed by atoms with Gasteiger partial charge in [-0.3, -0.25) is 0 Å². The Balaban J connectivity index is 1.89. The molecule has 99 valence electrons. The normalized spacial score (nSPS) is 27.5. The van der Waals surface area contributed by atoms with Gasteiger partial charge in [0.05, 0.1) is 6.04 Å². The zero-order valence-electron chi connectivity index (χ0n) is 11.7. The molecule has 0 spiro atoms. The Morgan fingerprint density at radius 3 is 2.47 bits per heavy atom. The van der Waals surface area contributed by atoms with E-state index in [1.807, 2.05) is 12.1 Å². The van der Waals surface area contributed by atoms with Crippen molar-refractivity contribution in [2.45, 2.75) is 32.4 Å². The van der Waals surface area contributed by atoms with E-state index in [1.54, 1.807) is 0 Å². The highest BCUT2D eigenvalue weighted by molar-refractivity contribution is 5.47. The Morgan fingerprint density at radius 2 is 1.79 bits per heavy atom. The van der Waals surface area contributed by atoms with E-state index in [4.69, 9.17) is 0 Å². The summed E-state index contributed by atoms with van der Waals surface area (Å²) in [5, 5.41) is 0. The maximum absolute atomic E-state index is 3.10. The number of hydrogen-bond acceptors (Lipinski definition) is 1. The second kappa shape index (κ2) is 5.12. The van der Waals surface area contributed by atoms with Gasteiger partial charge in [-0.1, -0.05) is 19.1 Å². The van der Waals surface area contributed by atoms with Crippen molar-refractivity contribution in [1.29, 1.82) is 0 Å². The van der Waals surface area contributed by atoms with Gasteiger partial charge in [0, 0.05) is 30.7 Å². The average molecular weight is 253 g/mol. The van der Waals surface area contributed by atoms with Crippen molar-refractivity contribution in [1.82, 2.24) is 4.57 Å². The molecular weight excluding hydrogens is 232 g/mol. The van der Waals surface area contributed by atoms with E-state index >= 15 is 0 Å². The first-order valence-electron chi connectivity index (χ1n) is 7.12. The van der Waals surface area contributed by atoms with E-state index in [0.29, 0.717) is 18.0 Å². The monoisotopic (exact) mass is 253 g/mol. The number of nitrogens with zero attached hydrogens (tertiary/aromatic N) is 2. The molecule has 0 saturated carbocycles. The van der Waals surface area contributed by atoms with Gasteiger partial charge < -0.3 is 9.47 Å². The fourth-order valence-corrected chi connectivity index (χ4v) is 3.40. The predicted octanol–water partition coefficient (Wildman–Crippen LogP) is 3.76. The number of aromatic nitrogens is 1. The van der Waals surface area contributed by atoms with Gasteiger partial charge >= 0.3 is 0 Å². The SMILES string of the molecule is CC1CCN(c2cc[c]cc2)C(C)C1n1cccc1. The Kier molecular flexibility index (Phi) is 3.33. The third-order valence-electron chi connectivity index (χ3n) is 4.40. The summed E-state index contributed by atoms with van der Waals surface area (Å²) in [4.78, 5) is 2.53. The summed E-state index contributed by atoms with van der Waals surface area (Å²) in [6, 6.07) is 16.7. The molecule has 0 N–H and O–H groups in total. The minimum Gasteiger partial charge on any atom is -0.367 e. The van der Waals surface area contributed by atoms with Crippen LogP contribution < -0.4 is 4.90 Å². The summed E-state index contributed by atoms with van der Waals surface area (Å²) in [5.41, 5.74) is 1.32. The summed E-state index contributed by atoms with van der Waals surface area (Å²) in [7, 11) is 0. The van der Waals surface area contributed by atoms with E-state index in [0.717, 1.165) is 6.54 Å². The van der Waals surface area contributed by atoms with Crippen LogP contribution in [-0.4, -0.2) is 17.2 Å². The average Bonchev–Trinajstić information content (AvgIpc) is 2.94. The number of piperidine rings is 1. The molecule has 1 aliphatic heterocycles. The molecule has 0 amide bonds. The van der Waals surface area contributed by atoms with Crippen molar-refractivity contribution in [2.24, 2.45) is 5.92 Å². The van der Waals surface area contributed by atoms with Crippen LogP contribution in [0.3, 0.4) is 0 Å². The lowest BCUT2D eigenvalue weighted by Crippen LogP contribution is -2.47. The van der Waals surface area contributed by atoms with Gasteiger partial charge in [-0.25, -0.2) is 0 Å². The molecule has 1 radical (unpaired) electrons. The van der Waals surface area contributed by atoms with Crippen molar-refractivity contribution in [3.05, 3.63) is 54.9 Å². The molecule has 1 saturated heterocycles. The van der Waals surface area contributed by atoms with Gasteiger partial charge in [0.25, 0.3) is 0 Å². The summed E-state index contributed by atoms with van der Waals surface area (Å²) in [6.07, 6.45) is 5.63. The predicted molar refractivity (Wildman–Crippen MR) is 79.3 cm³/mol. The molecule has 19 heavy (non-hydrogen) atoms. The number of rotatable bonds is 2. The molecular formula is C17H21N2. The third kappa shape index (κ3) is 2.27. The van der Waals surface area contributed by atoms with Gasteiger partial charge in [-0.05, 0) is 49.6 Å². The van der Waals surface area contributed by atoms with E-state index in [1.165, 1.54) is 12.1 Å². The maximum Gasteiger partial charge on any atom is 0.0557 e. The van der Waals surface area contributed by atoms with Crippen LogP contribution in [0.15, 0.2) is 48.8 Å². The lowest BCUT2D eigenvalue weighted by atomic mass is 9.87. The second-order valence-corrected chi connectivity index (χ2v) is 5.58. The van der Waals surface area contributed by atoms with Crippen molar-refractivity contribution in [3.63, 3.8) is 0 Å². The highest BCUT2D eigenvalue weighted by atomic mass is 15.2. The van der Waals surface area contributed by atoms with Crippen LogP contribution in [0.25, 0.3) is 0 Å². The molecule has 1 aromatic heterocycles. The summed E-state index contributed by atoms with van der Waals surface area (Å²) in [5.74, 6) is 0.717. The van der Waals surface area contributed by atoms with Gasteiger partial charge in [0.2, 0.25) is 0 Å². The Morgan fingerprint density at radius 1 is 1.11 bits per heavy atom. The lowest BCUT2D eigenvalue weighted by Gasteiger charge is -2.45. The van der Waals surface area contributed by atoms with Crippen LogP contribution in [0.2, 0.25) is 0 Å². The first-order chi connectivity index (χ1) is 9.27. The van der Waals surface area contributed by atoms with Crippen LogP contribution >= 0.6 is 0 Å². The zero-order chi connectivity index (χ0) is 13.2. The van der Waals surface area contributed by atoms with E-state index < -0.39 is 0 Å². The minimum atomic E-state index is 0.513. The summed E-state index contributed by atoms with van der Waals surface area (Å²) in [6.45, 7) is 5.86. The number of benzene rings is 1. The molecule has 0 aliphatic carbocycles. The van der Waals surface area contributed by atoms with Gasteiger partial charge in [-0.15, -0.1) is 0 Å². The molecule has 1 fully saturated rings. The van der Waals surface area contributed by atoms with Gasteiger partial charge in [-0.2, -0.15) is 0 Å². The molecule has 2 heteroatoms. The van der Waals surface area contributed by atoms with Gasteiger partial charge in [0.1, 0.15) is 0 Å². The van der Waals surface area contributed by atoms with Crippen LogP contribution in [0.1, 0.15) is 26.3 Å². The van der Waals surface area contributed by atoms with Crippen LogP contribution in [0.4, 0.5) is 5.69 Å². The van der Waals surface area contributed by atoms with Gasteiger partial charge in [0.15, 0.2) is 0 Å². The molecule has 1 aromatic carbocycles. The third-order valence-corrected chi connectivity index (χ3v) is 4.40. The number of anilines is 1. The van der Waals surface area contributed by atoms with Crippen molar-refractivity contribution >= 4 is 5.69 Å². The van der Waals surface area contributed by atoms with Crippen molar-refractivity contribution in [2.75, 3.05) is 11.4 Å². The zero-order valence-corrected chi connectivity index (χ0v) is 11.7. The Hall–Kier alpha value is -1.70. The molecule has 3 unspecified atom stereocenters. The molecule has 0 bridgehead atoms. The maximum atomic E-state index is 3.10. The second-order valence-electron chi connectivity index (χ2n) is 5.58. The lowest BCUT2D eigenvalue weighted by molar-refractivity contribution is 0.247. The van der Waals surface area contributed by atoms with Crippen LogP contribution in [-0.2, 0) is 0 Å². The first-order valence-corrected chi connectivity index (χ1v) is 7.12. The molecule has 1 aliphatic rings. The van der Waals surface area contributed by atoms with E-state index in [2.05, 4.69) is 66.0 Å². The highest BCUT2D eigenvalue weighted by Gasteiger charge is 2.33. The van der Waals surface area contributed by atoms with Crippen molar-refractivity contribution in [3.8, 4) is 0 Å². The fraction of sp³-hybridized carbons (Fsp3) is 0.412. The van der Waals surface area contributed by atoms with Crippen molar-refractivity contribution < 1.29 is 0 Å². The molecule has 3 rings (SSSR count). The Labute approximate surface area is 115 Å². The minimum absolute atomic E-state index is 0.513. The molecule has 3 atom stereocenters. The Bertz CT molecular complexity index is 503.